The van der Waals surface area contributed by atoms with E-state index in [0.717, 1.165) is 37.6 Å². The second-order valence-electron chi connectivity index (χ2n) is 12.6. The average Bonchev–Trinajstić information content (AvgIpc) is 3.24. The maximum atomic E-state index is 12.1. The van der Waals surface area contributed by atoms with Crippen molar-refractivity contribution in [2.24, 2.45) is 20.5 Å². The van der Waals surface area contributed by atoms with Crippen LogP contribution in [-0.2, 0) is 20.7 Å². The fraction of sp³-hybridized carbons (Fsp3) is 0.308. The minimum Gasteiger partial charge on any atom is -0.395 e. The van der Waals surface area contributed by atoms with E-state index in [2.05, 4.69) is 59.7 Å². The molecule has 61 heavy (non-hydrogen) atoms. The van der Waals surface area contributed by atoms with E-state index in [1.807, 2.05) is 74.5 Å². The fourth-order valence-electron chi connectivity index (χ4n) is 5.88. The third kappa shape index (κ3) is 14.1. The molecule has 0 saturated carbocycles. The maximum Gasteiger partial charge on any atom is 0.425 e. The summed E-state index contributed by atoms with van der Waals surface area (Å²) in [6, 6.07) is 26.3. The van der Waals surface area contributed by atoms with Gasteiger partial charge in [0.15, 0.2) is 0 Å². The Kier molecular flexibility index (Phi) is 18.1. The van der Waals surface area contributed by atoms with Crippen LogP contribution < -0.4 is 25.3 Å². The van der Waals surface area contributed by atoms with Crippen LogP contribution in [-0.4, -0.2) is 103 Å². The van der Waals surface area contributed by atoms with Gasteiger partial charge in [0.2, 0.25) is 17.8 Å². The Balaban J connectivity index is 0.00000196. The van der Waals surface area contributed by atoms with Crippen molar-refractivity contribution >= 4 is 84.1 Å². The van der Waals surface area contributed by atoms with E-state index in [-0.39, 0.29) is 54.7 Å². The quantitative estimate of drug-likeness (QED) is 0.0392. The van der Waals surface area contributed by atoms with Gasteiger partial charge >= 0.3 is 10.6 Å². The minimum atomic E-state index is -4.57. The SMILES string of the molecule is CCN(CC)c1ccc(N=Nc2ccccc2)c(Nc2nc(Nc3cc(N(CC)CC)ccc3N=Nc3ccccc3S(=O)(=O)O)nc(N(CCO)CCO)n2)c1.O=S(=O)=O. The van der Waals surface area contributed by atoms with Gasteiger partial charge in [-0.2, -0.15) is 28.5 Å². The number of nitrogens with one attached hydrogen (secondary N) is 2. The summed E-state index contributed by atoms with van der Waals surface area (Å²) in [4.78, 5) is 19.7. The second kappa shape index (κ2) is 23.4. The van der Waals surface area contributed by atoms with Crippen molar-refractivity contribution in [3.8, 4) is 0 Å². The maximum absolute atomic E-state index is 12.1. The number of hydrogen-bond donors (Lipinski definition) is 5. The molecule has 5 N–H and O–H groups in total. The number of anilines is 7. The van der Waals surface area contributed by atoms with Crippen molar-refractivity contribution in [3.63, 3.8) is 0 Å². The van der Waals surface area contributed by atoms with Crippen LogP contribution in [0.1, 0.15) is 27.7 Å². The first kappa shape index (κ1) is 47.2. The molecule has 20 nitrogen and oxygen atoms in total. The summed E-state index contributed by atoms with van der Waals surface area (Å²) < 4.78 is 59.3. The van der Waals surface area contributed by atoms with Gasteiger partial charge in [-0.25, -0.2) is 0 Å². The molecular weight excluding hydrogens is 829 g/mol. The highest BCUT2D eigenvalue weighted by Crippen LogP contribution is 2.36. The number of hydrogen-bond acceptors (Lipinski definition) is 19. The number of aliphatic hydroxyl groups is 2. The standard InChI is InChI=1S/C39H48N12O5S.O3S/c1-5-49(6-2)29-18-20-31(46-45-28-14-10-9-11-15-28)34(26-29)40-37-42-38(44-39(43-37)51(22-24-52)23-25-53)41-35-27-30(50(7-3)8-4)19-21-32(35)47-48-33-16-12-13-17-36(33)57(54,55)56;1-4(2)3/h9-21,26-27,52-53H,5-8,22-25H2,1-4H3,(H,54,55,56)(H2,40,41,42,43,44);. The molecule has 22 heteroatoms. The van der Waals surface area contributed by atoms with E-state index in [9.17, 15) is 23.2 Å². The number of aromatic nitrogens is 3. The fourth-order valence-corrected chi connectivity index (χ4v) is 6.50. The van der Waals surface area contributed by atoms with Gasteiger partial charge in [-0.3, -0.25) is 4.55 Å². The Morgan fingerprint density at radius 2 is 1.03 bits per heavy atom. The summed E-state index contributed by atoms with van der Waals surface area (Å²) in [7, 11) is -7.68. The van der Waals surface area contributed by atoms with E-state index in [0.29, 0.717) is 28.4 Å². The van der Waals surface area contributed by atoms with Gasteiger partial charge in [0.05, 0.1) is 30.3 Å². The molecule has 1 heterocycles. The highest BCUT2D eigenvalue weighted by atomic mass is 32.2. The van der Waals surface area contributed by atoms with Crippen molar-refractivity contribution in [1.29, 1.82) is 0 Å². The number of azo groups is 2. The molecular formula is C39H48N12O8S2. The minimum absolute atomic E-state index is 0.0523. The molecule has 0 aliphatic rings. The molecule has 0 spiro atoms. The molecule has 1 aromatic heterocycles. The average molecular weight is 877 g/mol. The first-order valence-corrected chi connectivity index (χ1v) is 21.5. The van der Waals surface area contributed by atoms with Gasteiger partial charge in [0.1, 0.15) is 22.0 Å². The van der Waals surface area contributed by atoms with Crippen LogP contribution in [0.15, 0.2) is 116 Å². The smallest absolute Gasteiger partial charge is 0.395 e. The topological polar surface area (TPSA) is 268 Å². The molecule has 0 aliphatic carbocycles. The molecule has 0 amide bonds. The van der Waals surface area contributed by atoms with Gasteiger partial charge in [-0.15, -0.1) is 28.0 Å². The molecule has 0 fully saturated rings. The summed E-state index contributed by atoms with van der Waals surface area (Å²) in [5, 5.41) is 44.0. The van der Waals surface area contributed by atoms with Crippen LogP contribution in [0, 0.1) is 0 Å². The zero-order chi connectivity index (χ0) is 44.4. The van der Waals surface area contributed by atoms with Crippen LogP contribution in [0.5, 0.6) is 0 Å². The molecule has 4 aromatic carbocycles. The van der Waals surface area contributed by atoms with Gasteiger partial charge in [0.25, 0.3) is 10.1 Å². The zero-order valence-electron chi connectivity index (χ0n) is 34.0. The molecule has 5 aromatic rings. The normalized spacial score (nSPS) is 11.3. The van der Waals surface area contributed by atoms with Crippen LogP contribution in [0.3, 0.4) is 0 Å². The van der Waals surface area contributed by atoms with Crippen molar-refractivity contribution in [2.75, 3.05) is 77.8 Å². The summed E-state index contributed by atoms with van der Waals surface area (Å²) in [6.07, 6.45) is 0. The van der Waals surface area contributed by atoms with E-state index in [1.165, 1.54) is 18.2 Å². The van der Waals surface area contributed by atoms with Gasteiger partial charge in [0, 0.05) is 50.6 Å². The number of rotatable bonds is 20. The van der Waals surface area contributed by atoms with E-state index in [4.69, 9.17) is 22.6 Å². The van der Waals surface area contributed by atoms with Gasteiger partial charge in [-0.1, -0.05) is 30.3 Å². The summed E-state index contributed by atoms with van der Waals surface area (Å²) in [5.74, 6) is 0.374. The largest absolute Gasteiger partial charge is 0.425 e. The molecule has 0 unspecified atom stereocenters. The monoisotopic (exact) mass is 876 g/mol. The van der Waals surface area contributed by atoms with Crippen molar-refractivity contribution < 1.29 is 35.8 Å². The Morgan fingerprint density at radius 3 is 1.49 bits per heavy atom. The molecule has 5 rings (SSSR count). The number of benzene rings is 4. The van der Waals surface area contributed by atoms with Crippen LogP contribution >= 0.6 is 0 Å². The van der Waals surface area contributed by atoms with Crippen LogP contribution in [0.4, 0.5) is 63.3 Å². The lowest BCUT2D eigenvalue weighted by molar-refractivity contribution is 0.280. The van der Waals surface area contributed by atoms with Crippen LogP contribution in [0.25, 0.3) is 0 Å². The lowest BCUT2D eigenvalue weighted by Crippen LogP contribution is -2.31. The Morgan fingerprint density at radius 1 is 0.590 bits per heavy atom. The summed E-state index contributed by atoms with van der Waals surface area (Å²) in [5.41, 5.74) is 4.24. The lowest BCUT2D eigenvalue weighted by Gasteiger charge is -2.24. The molecule has 0 radical (unpaired) electrons. The first-order valence-electron chi connectivity index (χ1n) is 19.1. The van der Waals surface area contributed by atoms with E-state index < -0.39 is 20.7 Å². The van der Waals surface area contributed by atoms with E-state index >= 15 is 0 Å². The number of aliphatic hydroxyl groups excluding tert-OH is 2. The molecule has 324 valence electrons. The molecule has 0 atom stereocenters. The highest BCUT2D eigenvalue weighted by molar-refractivity contribution is 7.86. The van der Waals surface area contributed by atoms with Gasteiger partial charge < -0.3 is 35.5 Å². The van der Waals surface area contributed by atoms with Crippen molar-refractivity contribution in [3.05, 3.63) is 91.0 Å². The number of nitrogens with zero attached hydrogens (tertiary/aromatic N) is 10. The Labute approximate surface area is 355 Å². The molecule has 0 aliphatic heterocycles. The molecule has 0 bridgehead atoms. The lowest BCUT2D eigenvalue weighted by atomic mass is 10.2. The predicted octanol–water partition coefficient (Wildman–Crippen LogP) is 6.92. The Bertz CT molecular complexity index is 2480. The van der Waals surface area contributed by atoms with Crippen LogP contribution in [0.2, 0.25) is 0 Å². The third-order valence-electron chi connectivity index (χ3n) is 8.79. The predicted molar refractivity (Wildman–Crippen MR) is 234 cm³/mol. The van der Waals surface area contributed by atoms with E-state index in [1.54, 1.807) is 17.0 Å². The summed E-state index contributed by atoms with van der Waals surface area (Å²) in [6.45, 7) is 11.0. The third-order valence-corrected chi connectivity index (χ3v) is 9.70. The summed E-state index contributed by atoms with van der Waals surface area (Å²) >= 11 is 0. The molecule has 0 saturated heterocycles. The van der Waals surface area contributed by atoms with Gasteiger partial charge in [-0.05, 0) is 88.4 Å². The first-order chi connectivity index (χ1) is 29.3. The second-order valence-corrected chi connectivity index (χ2v) is 14.4. The Hall–Kier alpha value is -6.46. The zero-order valence-corrected chi connectivity index (χ0v) is 35.6. The highest BCUT2D eigenvalue weighted by Gasteiger charge is 2.19. The van der Waals surface area contributed by atoms with Crippen molar-refractivity contribution in [1.82, 2.24) is 15.0 Å². The van der Waals surface area contributed by atoms with Crippen molar-refractivity contribution in [2.45, 2.75) is 32.6 Å².